The van der Waals surface area contributed by atoms with E-state index in [0.717, 1.165) is 23.3 Å². The lowest BCUT2D eigenvalue weighted by atomic mass is 10.0. The molecule has 0 fully saturated rings. The standard InChI is InChI=1S/C21H28N2/c1-4-6-7-8-9-10-11-18(3)23-17-20(5-2)21-14-12-19(16-22)13-15-21/h5,12-15,17H,3-4,6-11H2,1-2H3/b20-5+,23-17?. The lowest BCUT2D eigenvalue weighted by Gasteiger charge is -2.03. The third kappa shape index (κ3) is 7.61. The molecular weight excluding hydrogens is 280 g/mol. The van der Waals surface area contributed by atoms with Crippen molar-refractivity contribution in [3.8, 4) is 6.07 Å². The molecule has 0 N–H and O–H groups in total. The molecule has 1 aromatic carbocycles. The second-order valence-electron chi connectivity index (χ2n) is 5.78. The van der Waals surface area contributed by atoms with Crippen molar-refractivity contribution in [1.29, 1.82) is 5.26 Å². The van der Waals surface area contributed by atoms with E-state index in [9.17, 15) is 0 Å². The summed E-state index contributed by atoms with van der Waals surface area (Å²) in [5.74, 6) is 0. The summed E-state index contributed by atoms with van der Waals surface area (Å²) in [7, 11) is 0. The molecule has 0 spiro atoms. The van der Waals surface area contributed by atoms with Gasteiger partial charge in [-0.1, -0.05) is 63.8 Å². The highest BCUT2D eigenvalue weighted by Crippen LogP contribution is 2.15. The van der Waals surface area contributed by atoms with Crippen molar-refractivity contribution >= 4 is 11.8 Å². The van der Waals surface area contributed by atoms with Gasteiger partial charge in [0, 0.05) is 11.9 Å². The van der Waals surface area contributed by atoms with Crippen LogP contribution in [-0.2, 0) is 0 Å². The first-order valence-corrected chi connectivity index (χ1v) is 8.60. The third-order valence-corrected chi connectivity index (χ3v) is 3.86. The Morgan fingerprint density at radius 2 is 1.78 bits per heavy atom. The predicted molar refractivity (Wildman–Crippen MR) is 100 cm³/mol. The number of nitriles is 1. The molecule has 0 amide bonds. The summed E-state index contributed by atoms with van der Waals surface area (Å²) in [6, 6.07) is 9.71. The van der Waals surface area contributed by atoms with Crippen molar-refractivity contribution in [3.63, 3.8) is 0 Å². The van der Waals surface area contributed by atoms with Gasteiger partial charge < -0.3 is 0 Å². The minimum Gasteiger partial charge on any atom is -0.261 e. The molecule has 0 aliphatic rings. The first-order valence-electron chi connectivity index (χ1n) is 8.60. The molecular formula is C21H28N2. The number of nitrogens with zero attached hydrogens (tertiary/aromatic N) is 2. The SMILES string of the molecule is C=C(CCCCCCCC)N=C/C(=C\C)c1ccc(C#N)cc1. The van der Waals surface area contributed by atoms with E-state index in [1.165, 1.54) is 38.5 Å². The maximum Gasteiger partial charge on any atom is 0.0991 e. The Balaban J connectivity index is 2.43. The van der Waals surface area contributed by atoms with E-state index < -0.39 is 0 Å². The van der Waals surface area contributed by atoms with Crippen LogP contribution >= 0.6 is 0 Å². The van der Waals surface area contributed by atoms with Gasteiger partial charge in [0.15, 0.2) is 0 Å². The summed E-state index contributed by atoms with van der Waals surface area (Å²) >= 11 is 0. The fourth-order valence-electron chi connectivity index (χ4n) is 2.39. The van der Waals surface area contributed by atoms with E-state index in [1.54, 1.807) is 0 Å². The minimum atomic E-state index is 0.675. The van der Waals surface area contributed by atoms with Gasteiger partial charge in [0.2, 0.25) is 0 Å². The average Bonchev–Trinajstić information content (AvgIpc) is 2.59. The van der Waals surface area contributed by atoms with Crippen LogP contribution in [0.2, 0.25) is 0 Å². The van der Waals surface area contributed by atoms with Gasteiger partial charge >= 0.3 is 0 Å². The van der Waals surface area contributed by atoms with Crippen molar-refractivity contribution in [2.75, 3.05) is 0 Å². The lowest BCUT2D eigenvalue weighted by Crippen LogP contribution is -1.88. The van der Waals surface area contributed by atoms with Gasteiger partial charge in [0.1, 0.15) is 0 Å². The van der Waals surface area contributed by atoms with Gasteiger partial charge in [0.25, 0.3) is 0 Å². The zero-order valence-electron chi connectivity index (χ0n) is 14.5. The zero-order valence-corrected chi connectivity index (χ0v) is 14.5. The predicted octanol–water partition coefficient (Wildman–Crippen LogP) is 6.30. The summed E-state index contributed by atoms with van der Waals surface area (Å²) in [6.07, 6.45) is 12.6. The van der Waals surface area contributed by atoms with Gasteiger partial charge in [-0.15, -0.1) is 0 Å². The Morgan fingerprint density at radius 1 is 1.13 bits per heavy atom. The molecule has 1 aromatic rings. The average molecular weight is 308 g/mol. The molecule has 0 aliphatic heterocycles. The molecule has 0 saturated carbocycles. The number of unbranched alkanes of at least 4 members (excludes halogenated alkanes) is 5. The number of rotatable bonds is 10. The van der Waals surface area contributed by atoms with Crippen LogP contribution in [0.1, 0.15) is 69.9 Å². The van der Waals surface area contributed by atoms with E-state index in [1.807, 2.05) is 43.5 Å². The van der Waals surface area contributed by atoms with Crippen LogP contribution in [0.4, 0.5) is 0 Å². The molecule has 1 rings (SSSR count). The molecule has 0 atom stereocenters. The van der Waals surface area contributed by atoms with Gasteiger partial charge in [0.05, 0.1) is 11.6 Å². The van der Waals surface area contributed by atoms with Gasteiger partial charge in [-0.2, -0.15) is 5.26 Å². The summed E-state index contributed by atoms with van der Waals surface area (Å²) in [6.45, 7) is 8.28. The highest BCUT2D eigenvalue weighted by atomic mass is 14.7. The summed E-state index contributed by atoms with van der Waals surface area (Å²) < 4.78 is 0. The Kier molecular flexibility index (Phi) is 9.40. The normalized spacial score (nSPS) is 11.6. The lowest BCUT2D eigenvalue weighted by molar-refractivity contribution is 0.606. The second-order valence-corrected chi connectivity index (χ2v) is 5.78. The van der Waals surface area contributed by atoms with Crippen molar-refractivity contribution in [2.45, 2.75) is 58.8 Å². The number of hydrogen-bond acceptors (Lipinski definition) is 2. The topological polar surface area (TPSA) is 36.1 Å². The molecule has 0 heterocycles. The van der Waals surface area contributed by atoms with Crippen LogP contribution in [0, 0.1) is 11.3 Å². The van der Waals surface area contributed by atoms with Crippen LogP contribution in [0.25, 0.3) is 5.57 Å². The molecule has 0 radical (unpaired) electrons. The molecule has 23 heavy (non-hydrogen) atoms. The zero-order chi connectivity index (χ0) is 16.9. The first kappa shape index (κ1) is 18.9. The number of aliphatic imine (C=N–C) groups is 1. The summed E-state index contributed by atoms with van der Waals surface area (Å²) in [4.78, 5) is 4.50. The van der Waals surface area contributed by atoms with E-state index in [-0.39, 0.29) is 0 Å². The van der Waals surface area contributed by atoms with E-state index in [2.05, 4.69) is 24.6 Å². The van der Waals surface area contributed by atoms with Crippen LogP contribution in [-0.4, -0.2) is 6.21 Å². The number of benzene rings is 1. The van der Waals surface area contributed by atoms with E-state index in [4.69, 9.17) is 5.26 Å². The highest BCUT2D eigenvalue weighted by Gasteiger charge is 1.99. The largest absolute Gasteiger partial charge is 0.261 e. The minimum absolute atomic E-state index is 0.675. The molecule has 0 saturated heterocycles. The maximum atomic E-state index is 8.85. The Hall–Kier alpha value is -2.14. The second kappa shape index (κ2) is 11.4. The molecule has 2 heteroatoms. The van der Waals surface area contributed by atoms with Crippen molar-refractivity contribution in [2.24, 2.45) is 4.99 Å². The molecule has 0 unspecified atom stereocenters. The summed E-state index contributed by atoms with van der Waals surface area (Å²) in [5.41, 5.74) is 3.74. The van der Waals surface area contributed by atoms with Gasteiger partial charge in [-0.25, -0.2) is 0 Å². The Labute approximate surface area is 141 Å². The van der Waals surface area contributed by atoms with Crippen molar-refractivity contribution in [1.82, 2.24) is 0 Å². The smallest absolute Gasteiger partial charge is 0.0991 e. The molecule has 0 bridgehead atoms. The number of allylic oxidation sites excluding steroid dienone is 3. The van der Waals surface area contributed by atoms with Crippen molar-refractivity contribution < 1.29 is 0 Å². The molecule has 2 nitrogen and oxygen atoms in total. The van der Waals surface area contributed by atoms with E-state index >= 15 is 0 Å². The monoisotopic (exact) mass is 308 g/mol. The number of hydrogen-bond donors (Lipinski definition) is 0. The fraction of sp³-hybridized carbons (Fsp3) is 0.429. The third-order valence-electron chi connectivity index (χ3n) is 3.86. The Morgan fingerprint density at radius 3 is 2.39 bits per heavy atom. The van der Waals surface area contributed by atoms with Gasteiger partial charge in [-0.05, 0) is 43.0 Å². The maximum absolute atomic E-state index is 8.85. The molecule has 122 valence electrons. The Bertz CT molecular complexity index is 571. The quantitative estimate of drug-likeness (QED) is 0.369. The van der Waals surface area contributed by atoms with Crippen molar-refractivity contribution in [3.05, 3.63) is 53.7 Å². The van der Waals surface area contributed by atoms with Crippen LogP contribution < -0.4 is 0 Å². The summed E-state index contributed by atoms with van der Waals surface area (Å²) in [5, 5.41) is 8.85. The highest BCUT2D eigenvalue weighted by molar-refractivity contribution is 6.10. The molecule has 0 aliphatic carbocycles. The van der Waals surface area contributed by atoms with E-state index in [0.29, 0.717) is 5.56 Å². The van der Waals surface area contributed by atoms with Crippen LogP contribution in [0.3, 0.4) is 0 Å². The molecule has 0 aromatic heterocycles. The van der Waals surface area contributed by atoms with Crippen LogP contribution in [0.15, 0.2) is 47.6 Å². The van der Waals surface area contributed by atoms with Crippen LogP contribution in [0.5, 0.6) is 0 Å². The van der Waals surface area contributed by atoms with Gasteiger partial charge in [-0.3, -0.25) is 4.99 Å². The fourth-order valence-corrected chi connectivity index (χ4v) is 2.39. The first-order chi connectivity index (χ1) is 11.2.